The molecular weight excluding hydrogens is 224 g/mol. The summed E-state index contributed by atoms with van der Waals surface area (Å²) < 4.78 is 0. The highest BCUT2D eigenvalue weighted by atomic mass is 16.4. The largest absolute Gasteiger partial charge is 0.506 e. The van der Waals surface area contributed by atoms with Gasteiger partial charge in [0.25, 0.3) is 5.91 Å². The van der Waals surface area contributed by atoms with Crippen LogP contribution in [0.15, 0.2) is 18.5 Å². The molecule has 0 saturated carbocycles. The third-order valence-electron chi connectivity index (χ3n) is 2.77. The Morgan fingerprint density at radius 1 is 1.41 bits per heavy atom. The fraction of sp³-hybridized carbons (Fsp3) is 0.364. The summed E-state index contributed by atoms with van der Waals surface area (Å²) in [6, 6.07) is 0.511. The molecule has 2 heterocycles. The quantitative estimate of drug-likeness (QED) is 0.779. The van der Waals surface area contributed by atoms with Crippen molar-refractivity contribution < 1.29 is 19.8 Å². The minimum atomic E-state index is -0.996. The fourth-order valence-corrected chi connectivity index (χ4v) is 1.98. The first kappa shape index (κ1) is 11.4. The van der Waals surface area contributed by atoms with Crippen molar-refractivity contribution in [3.63, 3.8) is 0 Å². The summed E-state index contributed by atoms with van der Waals surface area (Å²) in [5.74, 6) is -1.51. The van der Waals surface area contributed by atoms with Gasteiger partial charge in [0.05, 0.1) is 11.8 Å². The Balaban J connectivity index is 2.23. The van der Waals surface area contributed by atoms with E-state index in [0.29, 0.717) is 19.4 Å². The van der Waals surface area contributed by atoms with Crippen LogP contribution < -0.4 is 0 Å². The van der Waals surface area contributed by atoms with E-state index in [0.717, 1.165) is 0 Å². The van der Waals surface area contributed by atoms with Crippen molar-refractivity contribution >= 4 is 11.9 Å². The average Bonchev–Trinajstić information content (AvgIpc) is 2.77. The Bertz CT molecular complexity index is 461. The van der Waals surface area contributed by atoms with E-state index >= 15 is 0 Å². The Kier molecular flexibility index (Phi) is 2.95. The number of rotatable bonds is 2. The van der Waals surface area contributed by atoms with Gasteiger partial charge in [0.1, 0.15) is 11.8 Å². The molecule has 1 fully saturated rings. The van der Waals surface area contributed by atoms with Crippen LogP contribution in [-0.2, 0) is 4.79 Å². The highest BCUT2D eigenvalue weighted by Crippen LogP contribution is 2.21. The van der Waals surface area contributed by atoms with Crippen LogP contribution in [0.5, 0.6) is 5.75 Å². The van der Waals surface area contributed by atoms with Crippen molar-refractivity contribution in [3.05, 3.63) is 24.0 Å². The highest BCUT2D eigenvalue weighted by molar-refractivity contribution is 5.96. The number of carbonyl (C=O) groups excluding carboxylic acids is 1. The molecule has 1 aliphatic rings. The molecule has 1 aliphatic heterocycles. The number of hydrogen-bond donors (Lipinski definition) is 2. The molecule has 2 N–H and O–H groups in total. The van der Waals surface area contributed by atoms with Crippen LogP contribution in [0.4, 0.5) is 0 Å². The lowest BCUT2D eigenvalue weighted by atomic mass is 10.2. The molecule has 0 unspecified atom stereocenters. The van der Waals surface area contributed by atoms with Gasteiger partial charge >= 0.3 is 5.97 Å². The van der Waals surface area contributed by atoms with E-state index in [2.05, 4.69) is 4.98 Å². The van der Waals surface area contributed by atoms with Gasteiger partial charge in [-0.15, -0.1) is 0 Å². The maximum atomic E-state index is 12.0. The van der Waals surface area contributed by atoms with E-state index in [4.69, 9.17) is 5.11 Å². The first-order valence-electron chi connectivity index (χ1n) is 5.27. The smallest absolute Gasteiger partial charge is 0.326 e. The van der Waals surface area contributed by atoms with Crippen molar-refractivity contribution in [3.8, 4) is 5.75 Å². The maximum Gasteiger partial charge on any atom is 0.326 e. The normalized spacial score (nSPS) is 19.3. The van der Waals surface area contributed by atoms with Crippen LogP contribution in [-0.4, -0.2) is 44.6 Å². The Morgan fingerprint density at radius 3 is 2.82 bits per heavy atom. The summed E-state index contributed by atoms with van der Waals surface area (Å²) in [5, 5.41) is 18.2. The molecule has 6 heteroatoms. The zero-order chi connectivity index (χ0) is 12.4. The van der Waals surface area contributed by atoms with Crippen molar-refractivity contribution in [2.75, 3.05) is 6.54 Å². The molecule has 1 saturated heterocycles. The van der Waals surface area contributed by atoms with Gasteiger partial charge in [0.2, 0.25) is 0 Å². The van der Waals surface area contributed by atoms with Gasteiger partial charge in [-0.1, -0.05) is 0 Å². The monoisotopic (exact) mass is 236 g/mol. The van der Waals surface area contributed by atoms with Crippen LogP contribution >= 0.6 is 0 Å². The number of aliphatic carboxylic acids is 1. The topological polar surface area (TPSA) is 90.7 Å². The molecule has 2 rings (SSSR count). The van der Waals surface area contributed by atoms with Gasteiger partial charge in [-0.3, -0.25) is 9.78 Å². The summed E-state index contributed by atoms with van der Waals surface area (Å²) in [7, 11) is 0. The summed E-state index contributed by atoms with van der Waals surface area (Å²) >= 11 is 0. The summed E-state index contributed by atoms with van der Waals surface area (Å²) in [6.07, 6.45) is 3.68. The number of carboxylic acids is 1. The van der Waals surface area contributed by atoms with Crippen molar-refractivity contribution in [2.45, 2.75) is 18.9 Å². The number of carboxylic acid groups (broad SMARTS) is 1. The lowest BCUT2D eigenvalue weighted by Crippen LogP contribution is -2.40. The third kappa shape index (κ3) is 2.20. The molecular formula is C11H12N2O4. The molecule has 0 radical (unpaired) electrons. The zero-order valence-corrected chi connectivity index (χ0v) is 9.04. The molecule has 6 nitrogen and oxygen atoms in total. The first-order chi connectivity index (χ1) is 8.09. The van der Waals surface area contributed by atoms with E-state index in [9.17, 15) is 14.7 Å². The SMILES string of the molecule is O=C(O)[C@H]1CCCN1C(=O)c1cncc(O)c1. The standard InChI is InChI=1S/C11H12N2O4/c14-8-4-7(5-12-6-8)10(15)13-3-1-2-9(13)11(16)17/h4-6,9,14H,1-3H2,(H,16,17)/t9-/m1/s1. The minimum Gasteiger partial charge on any atom is -0.506 e. The summed E-state index contributed by atoms with van der Waals surface area (Å²) in [4.78, 5) is 28.0. The number of aromatic hydroxyl groups is 1. The van der Waals surface area contributed by atoms with Gasteiger partial charge in [-0.2, -0.15) is 0 Å². The number of nitrogens with zero attached hydrogens (tertiary/aromatic N) is 2. The second kappa shape index (κ2) is 4.40. The van der Waals surface area contributed by atoms with Crippen LogP contribution in [0.3, 0.4) is 0 Å². The number of amides is 1. The molecule has 1 aromatic heterocycles. The van der Waals surface area contributed by atoms with Crippen LogP contribution in [0, 0.1) is 0 Å². The van der Waals surface area contributed by atoms with Crippen LogP contribution in [0.1, 0.15) is 23.2 Å². The molecule has 0 aromatic carbocycles. The predicted octanol–water partition coefficient (Wildman–Crippen LogP) is 0.476. The second-order valence-electron chi connectivity index (χ2n) is 3.93. The Morgan fingerprint density at radius 2 is 2.18 bits per heavy atom. The summed E-state index contributed by atoms with van der Waals surface area (Å²) in [6.45, 7) is 0.422. The fourth-order valence-electron chi connectivity index (χ4n) is 1.98. The van der Waals surface area contributed by atoms with E-state index in [-0.39, 0.29) is 11.3 Å². The number of pyridine rings is 1. The van der Waals surface area contributed by atoms with Crippen molar-refractivity contribution in [2.24, 2.45) is 0 Å². The highest BCUT2D eigenvalue weighted by Gasteiger charge is 2.34. The number of aromatic nitrogens is 1. The number of carbonyl (C=O) groups is 2. The van der Waals surface area contributed by atoms with Crippen molar-refractivity contribution in [1.29, 1.82) is 0 Å². The van der Waals surface area contributed by atoms with Gasteiger partial charge in [0.15, 0.2) is 0 Å². The van der Waals surface area contributed by atoms with E-state index in [1.54, 1.807) is 0 Å². The van der Waals surface area contributed by atoms with Crippen LogP contribution in [0.2, 0.25) is 0 Å². The lowest BCUT2D eigenvalue weighted by Gasteiger charge is -2.21. The Labute approximate surface area is 97.5 Å². The summed E-state index contributed by atoms with van der Waals surface area (Å²) in [5.41, 5.74) is 0.207. The minimum absolute atomic E-state index is 0.109. The Hall–Kier alpha value is -2.11. The van der Waals surface area contributed by atoms with E-state index in [1.165, 1.54) is 23.4 Å². The molecule has 1 amide bonds. The third-order valence-corrected chi connectivity index (χ3v) is 2.77. The van der Waals surface area contributed by atoms with Gasteiger partial charge in [-0.05, 0) is 18.9 Å². The van der Waals surface area contributed by atoms with Crippen molar-refractivity contribution in [1.82, 2.24) is 9.88 Å². The molecule has 1 aromatic rings. The maximum absolute atomic E-state index is 12.0. The van der Waals surface area contributed by atoms with Gasteiger partial charge < -0.3 is 15.1 Å². The lowest BCUT2D eigenvalue weighted by molar-refractivity contribution is -0.141. The first-order valence-corrected chi connectivity index (χ1v) is 5.27. The molecule has 90 valence electrons. The van der Waals surface area contributed by atoms with Gasteiger partial charge in [0, 0.05) is 12.7 Å². The molecule has 1 atom stereocenters. The van der Waals surface area contributed by atoms with E-state index in [1.807, 2.05) is 0 Å². The van der Waals surface area contributed by atoms with E-state index < -0.39 is 17.9 Å². The number of likely N-dealkylation sites (tertiary alicyclic amines) is 1. The predicted molar refractivity (Wildman–Crippen MR) is 57.6 cm³/mol. The average molecular weight is 236 g/mol. The van der Waals surface area contributed by atoms with Gasteiger partial charge in [-0.25, -0.2) is 4.79 Å². The molecule has 0 spiro atoms. The molecule has 17 heavy (non-hydrogen) atoms. The molecule has 0 bridgehead atoms. The molecule has 0 aliphatic carbocycles. The zero-order valence-electron chi connectivity index (χ0n) is 9.04. The second-order valence-corrected chi connectivity index (χ2v) is 3.93. The number of hydrogen-bond acceptors (Lipinski definition) is 4. The van der Waals surface area contributed by atoms with Crippen LogP contribution in [0.25, 0.3) is 0 Å².